The van der Waals surface area contributed by atoms with E-state index in [2.05, 4.69) is 0 Å². The highest BCUT2D eigenvalue weighted by atomic mass is 35.5. The van der Waals surface area contributed by atoms with Gasteiger partial charge in [0.2, 0.25) is 0 Å². The number of amides is 1. The van der Waals surface area contributed by atoms with Gasteiger partial charge in [-0.25, -0.2) is 4.79 Å². The van der Waals surface area contributed by atoms with Crippen molar-refractivity contribution in [1.29, 1.82) is 0 Å². The molecule has 0 N–H and O–H groups in total. The Labute approximate surface area is 143 Å². The molecule has 0 atom stereocenters. The third-order valence-electron chi connectivity index (χ3n) is 2.96. The monoisotopic (exact) mass is 349 g/mol. The van der Waals surface area contributed by atoms with E-state index in [0.717, 1.165) is 12.2 Å². The molecule has 0 aliphatic rings. The van der Waals surface area contributed by atoms with Gasteiger partial charge in [0.15, 0.2) is 5.75 Å². The normalized spacial score (nSPS) is 10.6. The number of para-hydroxylation sites is 2. The summed E-state index contributed by atoms with van der Waals surface area (Å²) in [7, 11) is 1.61. The second kappa shape index (κ2) is 7.81. The van der Waals surface area contributed by atoms with Crippen molar-refractivity contribution in [2.24, 2.45) is 0 Å². The molecule has 2 aromatic carbocycles. The summed E-state index contributed by atoms with van der Waals surface area (Å²) >= 11 is 11.8. The standard InChI is InChI=1S/C17H13Cl2NO3/c1-20(12-6-3-2-4-7-12)15(21)10-11-16(22)23-17-13(18)8-5-9-14(17)19/h2-11H,1H3/b11-10+. The van der Waals surface area contributed by atoms with Crippen molar-refractivity contribution in [3.8, 4) is 5.75 Å². The third-order valence-corrected chi connectivity index (χ3v) is 3.55. The van der Waals surface area contributed by atoms with Crippen LogP contribution in [-0.4, -0.2) is 18.9 Å². The summed E-state index contributed by atoms with van der Waals surface area (Å²) in [5.74, 6) is -1.04. The molecule has 0 aromatic heterocycles. The number of benzene rings is 2. The highest BCUT2D eigenvalue weighted by Crippen LogP contribution is 2.32. The maximum Gasteiger partial charge on any atom is 0.336 e. The van der Waals surface area contributed by atoms with E-state index < -0.39 is 5.97 Å². The lowest BCUT2D eigenvalue weighted by molar-refractivity contribution is -0.129. The van der Waals surface area contributed by atoms with Crippen molar-refractivity contribution in [3.63, 3.8) is 0 Å². The number of anilines is 1. The Kier molecular flexibility index (Phi) is 5.79. The fourth-order valence-electron chi connectivity index (χ4n) is 1.74. The van der Waals surface area contributed by atoms with Crippen LogP contribution in [0.25, 0.3) is 0 Å². The number of likely N-dealkylation sites (N-methyl/N-ethyl adjacent to an activating group) is 1. The maximum absolute atomic E-state index is 12.0. The second-order valence-corrected chi connectivity index (χ2v) is 5.35. The molecule has 4 nitrogen and oxygen atoms in total. The number of hydrogen-bond donors (Lipinski definition) is 0. The number of halogens is 2. The van der Waals surface area contributed by atoms with Gasteiger partial charge in [0.25, 0.3) is 5.91 Å². The zero-order valence-electron chi connectivity index (χ0n) is 12.2. The van der Waals surface area contributed by atoms with Gasteiger partial charge < -0.3 is 9.64 Å². The summed E-state index contributed by atoms with van der Waals surface area (Å²) in [5, 5.41) is 0.430. The molecule has 2 rings (SSSR count). The summed E-state index contributed by atoms with van der Waals surface area (Å²) in [4.78, 5) is 25.2. The van der Waals surface area contributed by atoms with Crippen LogP contribution < -0.4 is 9.64 Å². The fraction of sp³-hybridized carbons (Fsp3) is 0.0588. The molecule has 118 valence electrons. The van der Waals surface area contributed by atoms with Crippen LogP contribution in [0, 0.1) is 0 Å². The molecule has 0 saturated carbocycles. The number of nitrogens with zero attached hydrogens (tertiary/aromatic N) is 1. The SMILES string of the molecule is CN(C(=O)/C=C/C(=O)Oc1c(Cl)cccc1Cl)c1ccccc1. The quantitative estimate of drug-likeness (QED) is 0.473. The van der Waals surface area contributed by atoms with Gasteiger partial charge >= 0.3 is 5.97 Å². The molecule has 0 heterocycles. The maximum atomic E-state index is 12.0. The molecule has 0 aliphatic carbocycles. The minimum Gasteiger partial charge on any atom is -0.420 e. The molecular weight excluding hydrogens is 337 g/mol. The Balaban J connectivity index is 2.02. The number of carbonyl (C=O) groups excluding carboxylic acids is 2. The third kappa shape index (κ3) is 4.58. The van der Waals surface area contributed by atoms with E-state index in [9.17, 15) is 9.59 Å². The largest absolute Gasteiger partial charge is 0.420 e. The predicted octanol–water partition coefficient (Wildman–Crippen LogP) is 4.12. The van der Waals surface area contributed by atoms with Crippen LogP contribution in [-0.2, 0) is 9.59 Å². The Morgan fingerprint density at radius 2 is 1.57 bits per heavy atom. The number of rotatable bonds is 4. The first-order chi connectivity index (χ1) is 11.0. The highest BCUT2D eigenvalue weighted by Gasteiger charge is 2.11. The van der Waals surface area contributed by atoms with Gasteiger partial charge in [-0.3, -0.25) is 4.79 Å². The first-order valence-electron chi connectivity index (χ1n) is 6.65. The first kappa shape index (κ1) is 17.1. The summed E-state index contributed by atoms with van der Waals surface area (Å²) in [5.41, 5.74) is 0.713. The van der Waals surface area contributed by atoms with E-state index in [0.29, 0.717) is 5.69 Å². The Bertz CT molecular complexity index is 725. The molecule has 23 heavy (non-hydrogen) atoms. The molecule has 1 amide bonds. The van der Waals surface area contributed by atoms with Crippen LogP contribution in [0.15, 0.2) is 60.7 Å². The lowest BCUT2D eigenvalue weighted by Gasteiger charge is -2.14. The van der Waals surface area contributed by atoms with Gasteiger partial charge in [-0.05, 0) is 24.3 Å². The zero-order valence-corrected chi connectivity index (χ0v) is 13.7. The molecule has 0 fully saturated rings. The van der Waals surface area contributed by atoms with Crippen LogP contribution in [0.2, 0.25) is 10.0 Å². The van der Waals surface area contributed by atoms with Crippen molar-refractivity contribution in [1.82, 2.24) is 0 Å². The van der Waals surface area contributed by atoms with E-state index in [1.54, 1.807) is 37.4 Å². The van der Waals surface area contributed by atoms with E-state index in [-0.39, 0.29) is 21.7 Å². The van der Waals surface area contributed by atoms with Crippen molar-refractivity contribution < 1.29 is 14.3 Å². The van der Waals surface area contributed by atoms with Crippen LogP contribution in [0.3, 0.4) is 0 Å². The fourth-order valence-corrected chi connectivity index (χ4v) is 2.22. The van der Waals surface area contributed by atoms with Gasteiger partial charge in [-0.1, -0.05) is 47.5 Å². The van der Waals surface area contributed by atoms with E-state index >= 15 is 0 Å². The zero-order chi connectivity index (χ0) is 16.8. The van der Waals surface area contributed by atoms with Gasteiger partial charge in [-0.2, -0.15) is 0 Å². The summed E-state index contributed by atoms with van der Waals surface area (Å²) in [6, 6.07) is 13.8. The predicted molar refractivity (Wildman–Crippen MR) is 91.1 cm³/mol. The summed E-state index contributed by atoms with van der Waals surface area (Å²) in [6.45, 7) is 0. The Morgan fingerprint density at radius 3 is 2.17 bits per heavy atom. The minimum atomic E-state index is -0.741. The molecule has 0 spiro atoms. The molecule has 0 saturated heterocycles. The molecule has 6 heteroatoms. The molecule has 0 bridgehead atoms. The smallest absolute Gasteiger partial charge is 0.336 e. The van der Waals surface area contributed by atoms with Crippen molar-refractivity contribution >= 4 is 40.8 Å². The van der Waals surface area contributed by atoms with Gasteiger partial charge in [-0.15, -0.1) is 0 Å². The van der Waals surface area contributed by atoms with Gasteiger partial charge in [0.05, 0.1) is 10.0 Å². The average molecular weight is 350 g/mol. The average Bonchev–Trinajstić information content (AvgIpc) is 2.56. The second-order valence-electron chi connectivity index (χ2n) is 4.54. The molecule has 0 unspecified atom stereocenters. The Hall–Kier alpha value is -2.30. The van der Waals surface area contributed by atoms with E-state index in [4.69, 9.17) is 27.9 Å². The van der Waals surface area contributed by atoms with E-state index in [1.165, 1.54) is 4.90 Å². The minimum absolute atomic E-state index is 0.0642. The molecular formula is C17H13Cl2NO3. The van der Waals surface area contributed by atoms with Gasteiger partial charge in [0.1, 0.15) is 0 Å². The number of hydrogen-bond acceptors (Lipinski definition) is 3. The molecule has 2 aromatic rings. The van der Waals surface area contributed by atoms with Crippen molar-refractivity contribution in [2.75, 3.05) is 11.9 Å². The number of carbonyl (C=O) groups is 2. The lowest BCUT2D eigenvalue weighted by atomic mass is 10.3. The van der Waals surface area contributed by atoms with Gasteiger partial charge in [0, 0.05) is 24.9 Å². The van der Waals surface area contributed by atoms with Crippen LogP contribution >= 0.6 is 23.2 Å². The van der Waals surface area contributed by atoms with Crippen LogP contribution in [0.4, 0.5) is 5.69 Å². The lowest BCUT2D eigenvalue weighted by Crippen LogP contribution is -2.24. The Morgan fingerprint density at radius 1 is 0.957 bits per heavy atom. The van der Waals surface area contributed by atoms with Crippen molar-refractivity contribution in [2.45, 2.75) is 0 Å². The van der Waals surface area contributed by atoms with Crippen molar-refractivity contribution in [3.05, 3.63) is 70.7 Å². The van der Waals surface area contributed by atoms with Crippen LogP contribution in [0.5, 0.6) is 5.75 Å². The van der Waals surface area contributed by atoms with Crippen LogP contribution in [0.1, 0.15) is 0 Å². The number of esters is 1. The topological polar surface area (TPSA) is 46.6 Å². The first-order valence-corrected chi connectivity index (χ1v) is 7.41. The number of ether oxygens (including phenoxy) is 1. The van der Waals surface area contributed by atoms with E-state index in [1.807, 2.05) is 18.2 Å². The molecule has 0 radical (unpaired) electrons. The highest BCUT2D eigenvalue weighted by molar-refractivity contribution is 6.37. The summed E-state index contributed by atoms with van der Waals surface area (Å²) < 4.78 is 5.05. The summed E-state index contributed by atoms with van der Waals surface area (Å²) in [6.07, 6.45) is 2.15. The molecule has 0 aliphatic heterocycles.